The molecule has 3 aromatic rings. The lowest BCUT2D eigenvalue weighted by Gasteiger charge is -2.28. The molecule has 2 aromatic heterocycles. The summed E-state index contributed by atoms with van der Waals surface area (Å²) in [5.41, 5.74) is 2.05. The summed E-state index contributed by atoms with van der Waals surface area (Å²) < 4.78 is 5.84. The third-order valence-corrected chi connectivity index (χ3v) is 5.22. The highest BCUT2D eigenvalue weighted by Gasteiger charge is 2.53. The first-order valence-electron chi connectivity index (χ1n) is 8.84. The summed E-state index contributed by atoms with van der Waals surface area (Å²) in [6, 6.07) is 10.1. The SMILES string of the molecule is Cc1ccc2c(c1)C(=O)N(CC1(c3cc4ncccc4o3)NC(=O)NC1=O)C2. The molecule has 5 rings (SSSR count). The van der Waals surface area contributed by atoms with Crippen molar-refractivity contribution in [3.8, 4) is 0 Å². The fourth-order valence-corrected chi connectivity index (χ4v) is 3.82. The molecule has 1 saturated heterocycles. The molecule has 2 N–H and O–H groups in total. The van der Waals surface area contributed by atoms with Crippen molar-refractivity contribution in [3.63, 3.8) is 0 Å². The van der Waals surface area contributed by atoms with Gasteiger partial charge >= 0.3 is 6.03 Å². The molecule has 28 heavy (non-hydrogen) atoms. The number of imide groups is 1. The van der Waals surface area contributed by atoms with Crippen molar-refractivity contribution in [1.82, 2.24) is 20.5 Å². The zero-order chi connectivity index (χ0) is 19.5. The Labute approximate surface area is 159 Å². The molecule has 1 fully saturated rings. The van der Waals surface area contributed by atoms with Crippen LogP contribution in [0.5, 0.6) is 0 Å². The molecule has 1 unspecified atom stereocenters. The number of nitrogens with one attached hydrogen (secondary N) is 2. The second-order valence-corrected chi connectivity index (χ2v) is 7.13. The topological polar surface area (TPSA) is 105 Å². The Kier molecular flexibility index (Phi) is 3.33. The van der Waals surface area contributed by atoms with Gasteiger partial charge in [-0.25, -0.2) is 4.79 Å². The predicted octanol–water partition coefficient (Wildman–Crippen LogP) is 1.83. The fourth-order valence-electron chi connectivity index (χ4n) is 3.82. The summed E-state index contributed by atoms with van der Waals surface area (Å²) in [5.74, 6) is -0.498. The van der Waals surface area contributed by atoms with Gasteiger partial charge in [0.1, 0.15) is 11.3 Å². The quantitative estimate of drug-likeness (QED) is 0.679. The highest BCUT2D eigenvalue weighted by Crippen LogP contribution is 2.33. The van der Waals surface area contributed by atoms with E-state index in [0.29, 0.717) is 23.2 Å². The van der Waals surface area contributed by atoms with Crippen molar-refractivity contribution in [2.75, 3.05) is 6.54 Å². The zero-order valence-corrected chi connectivity index (χ0v) is 15.0. The number of aryl methyl sites for hydroxylation is 1. The molecule has 8 nitrogen and oxygen atoms in total. The molecule has 0 radical (unpaired) electrons. The van der Waals surface area contributed by atoms with Crippen LogP contribution in [0.1, 0.15) is 27.2 Å². The number of fused-ring (bicyclic) bond motifs is 2. The average Bonchev–Trinajstić information content (AvgIpc) is 3.31. The van der Waals surface area contributed by atoms with Crippen molar-refractivity contribution in [2.24, 2.45) is 0 Å². The monoisotopic (exact) mass is 376 g/mol. The summed E-state index contributed by atoms with van der Waals surface area (Å²) in [6.07, 6.45) is 1.62. The first-order valence-corrected chi connectivity index (χ1v) is 8.84. The summed E-state index contributed by atoms with van der Waals surface area (Å²) >= 11 is 0. The average molecular weight is 376 g/mol. The van der Waals surface area contributed by atoms with E-state index in [9.17, 15) is 14.4 Å². The molecule has 140 valence electrons. The smallest absolute Gasteiger partial charge is 0.322 e. The summed E-state index contributed by atoms with van der Waals surface area (Å²) in [5, 5.41) is 4.93. The van der Waals surface area contributed by atoms with Crippen LogP contribution >= 0.6 is 0 Å². The second kappa shape index (κ2) is 5.66. The van der Waals surface area contributed by atoms with Gasteiger partial charge in [-0.05, 0) is 30.7 Å². The standard InChI is InChI=1S/C20H16N4O4/c1-11-4-5-12-9-24(17(25)13(12)7-11)10-20(18(26)22-19(27)23-20)16-8-14-15(28-16)3-2-6-21-14/h2-8H,9-10H2,1H3,(H2,22,23,26,27). The molecule has 4 amide bonds. The van der Waals surface area contributed by atoms with Crippen LogP contribution in [-0.4, -0.2) is 34.3 Å². The molecular weight excluding hydrogens is 360 g/mol. The number of hydrogen-bond acceptors (Lipinski definition) is 5. The van der Waals surface area contributed by atoms with Crippen LogP contribution in [-0.2, 0) is 16.9 Å². The Bertz CT molecular complexity index is 1130. The molecule has 8 heteroatoms. The van der Waals surface area contributed by atoms with E-state index in [2.05, 4.69) is 15.6 Å². The maximum absolute atomic E-state index is 12.9. The largest absolute Gasteiger partial charge is 0.456 e. The van der Waals surface area contributed by atoms with Gasteiger partial charge in [-0.1, -0.05) is 17.7 Å². The molecule has 4 heterocycles. The first-order chi connectivity index (χ1) is 13.5. The van der Waals surface area contributed by atoms with Gasteiger partial charge in [0.05, 0.1) is 6.54 Å². The van der Waals surface area contributed by atoms with E-state index >= 15 is 0 Å². The van der Waals surface area contributed by atoms with Crippen molar-refractivity contribution in [2.45, 2.75) is 19.0 Å². The van der Waals surface area contributed by atoms with E-state index < -0.39 is 17.5 Å². The number of rotatable bonds is 3. The van der Waals surface area contributed by atoms with Gasteiger partial charge < -0.3 is 14.6 Å². The van der Waals surface area contributed by atoms with Crippen LogP contribution in [0.4, 0.5) is 4.79 Å². The van der Waals surface area contributed by atoms with E-state index in [1.807, 2.05) is 25.1 Å². The Morgan fingerprint density at radius 1 is 1.21 bits per heavy atom. The molecule has 1 aromatic carbocycles. The van der Waals surface area contributed by atoms with Crippen molar-refractivity contribution in [3.05, 3.63) is 65.0 Å². The summed E-state index contributed by atoms with van der Waals surface area (Å²) in [6.45, 7) is 2.23. The minimum absolute atomic E-state index is 0.0447. The van der Waals surface area contributed by atoms with Gasteiger partial charge in [0.15, 0.2) is 11.1 Å². The Morgan fingerprint density at radius 2 is 2.07 bits per heavy atom. The van der Waals surface area contributed by atoms with E-state index in [-0.39, 0.29) is 18.2 Å². The fraction of sp³-hybridized carbons (Fsp3) is 0.200. The van der Waals surface area contributed by atoms with Gasteiger partial charge in [0.2, 0.25) is 0 Å². The van der Waals surface area contributed by atoms with Crippen molar-refractivity contribution in [1.29, 1.82) is 0 Å². The van der Waals surface area contributed by atoms with Crippen LogP contribution in [0.2, 0.25) is 0 Å². The number of carbonyl (C=O) groups is 3. The lowest BCUT2D eigenvalue weighted by molar-refractivity contribution is -0.125. The van der Waals surface area contributed by atoms with Gasteiger partial charge in [0, 0.05) is 24.4 Å². The highest BCUT2D eigenvalue weighted by atomic mass is 16.3. The highest BCUT2D eigenvalue weighted by molar-refractivity contribution is 6.08. The van der Waals surface area contributed by atoms with E-state index in [1.54, 1.807) is 29.3 Å². The van der Waals surface area contributed by atoms with Gasteiger partial charge in [-0.3, -0.25) is 19.9 Å². The number of benzene rings is 1. The van der Waals surface area contributed by atoms with E-state index in [0.717, 1.165) is 11.1 Å². The van der Waals surface area contributed by atoms with Gasteiger partial charge in [0.25, 0.3) is 11.8 Å². The van der Waals surface area contributed by atoms with Crippen LogP contribution in [0.15, 0.2) is 47.0 Å². The molecule has 0 spiro atoms. The normalized spacial score (nSPS) is 21.2. The molecule has 0 saturated carbocycles. The molecule has 0 aliphatic carbocycles. The third-order valence-electron chi connectivity index (χ3n) is 5.22. The molecule has 2 aliphatic heterocycles. The Hall–Kier alpha value is -3.68. The number of nitrogens with zero attached hydrogens (tertiary/aromatic N) is 2. The van der Waals surface area contributed by atoms with Crippen LogP contribution in [0, 0.1) is 6.92 Å². The number of carbonyl (C=O) groups excluding carboxylic acids is 3. The van der Waals surface area contributed by atoms with Crippen molar-refractivity contribution < 1.29 is 18.8 Å². The maximum atomic E-state index is 12.9. The van der Waals surface area contributed by atoms with Gasteiger partial charge in [-0.15, -0.1) is 0 Å². The van der Waals surface area contributed by atoms with E-state index in [4.69, 9.17) is 4.42 Å². The Balaban J connectivity index is 1.56. The number of furan rings is 1. The Morgan fingerprint density at radius 3 is 2.82 bits per heavy atom. The summed E-state index contributed by atoms with van der Waals surface area (Å²) in [4.78, 5) is 43.4. The minimum atomic E-state index is -1.51. The van der Waals surface area contributed by atoms with Crippen LogP contribution in [0.25, 0.3) is 11.1 Å². The molecule has 2 aliphatic rings. The number of amides is 4. The lowest BCUT2D eigenvalue weighted by atomic mass is 9.95. The van der Waals surface area contributed by atoms with Crippen LogP contribution < -0.4 is 10.6 Å². The zero-order valence-electron chi connectivity index (χ0n) is 15.0. The molecule has 1 atom stereocenters. The molecule has 0 bridgehead atoms. The minimum Gasteiger partial charge on any atom is -0.456 e. The first kappa shape index (κ1) is 16.5. The third kappa shape index (κ3) is 2.31. The number of hydrogen-bond donors (Lipinski definition) is 2. The molecular formula is C20H16N4O4. The predicted molar refractivity (Wildman–Crippen MR) is 98.3 cm³/mol. The van der Waals surface area contributed by atoms with Crippen molar-refractivity contribution >= 4 is 28.9 Å². The van der Waals surface area contributed by atoms with Crippen LogP contribution in [0.3, 0.4) is 0 Å². The number of aromatic nitrogens is 1. The lowest BCUT2D eigenvalue weighted by Crippen LogP contribution is -2.52. The summed E-state index contributed by atoms with van der Waals surface area (Å²) in [7, 11) is 0. The van der Waals surface area contributed by atoms with E-state index in [1.165, 1.54) is 0 Å². The number of urea groups is 1. The van der Waals surface area contributed by atoms with Gasteiger partial charge in [-0.2, -0.15) is 0 Å². The maximum Gasteiger partial charge on any atom is 0.322 e. The number of pyridine rings is 1. The second-order valence-electron chi connectivity index (χ2n) is 7.13.